The van der Waals surface area contributed by atoms with Crippen molar-refractivity contribution in [3.05, 3.63) is 53.2 Å². The van der Waals surface area contributed by atoms with Gasteiger partial charge in [0, 0.05) is 25.3 Å². The zero-order valence-electron chi connectivity index (χ0n) is 19.7. The second kappa shape index (κ2) is 10.7. The van der Waals surface area contributed by atoms with Crippen LogP contribution in [0.25, 0.3) is 0 Å². The first kappa shape index (κ1) is 25.9. The third-order valence-corrected chi connectivity index (χ3v) is 5.81. The molecule has 1 aromatic heterocycles. The number of aliphatic carboxylic acids is 1. The molecule has 1 aromatic carbocycles. The Balaban J connectivity index is 1.91. The highest BCUT2D eigenvalue weighted by Gasteiger charge is 2.53. The summed E-state index contributed by atoms with van der Waals surface area (Å²) in [6.45, 7) is 2.45. The number of carbonyl (C=O) groups excluding carboxylic acids is 2. The molecule has 0 saturated carbocycles. The first-order chi connectivity index (χ1) is 16.5. The number of likely N-dealkylation sites (tertiary alicyclic amines) is 1. The largest absolute Gasteiger partial charge is 0.481 e. The zero-order chi connectivity index (χ0) is 25.8. The molecule has 35 heavy (non-hydrogen) atoms. The van der Waals surface area contributed by atoms with E-state index in [4.69, 9.17) is 5.11 Å². The number of halogens is 2. The number of amides is 3. The maximum absolute atomic E-state index is 13.7. The number of carboxylic acids is 1. The molecule has 0 radical (unpaired) electrons. The fraction of sp³-hybridized carbons (Fsp3) is 0.417. The first-order valence-electron chi connectivity index (χ1n) is 11.1. The van der Waals surface area contributed by atoms with Gasteiger partial charge in [-0.15, -0.1) is 0 Å². The number of hydrogen-bond donors (Lipinski definition) is 3. The molecule has 2 aromatic rings. The fourth-order valence-corrected chi connectivity index (χ4v) is 4.05. The van der Waals surface area contributed by atoms with Crippen LogP contribution in [0.4, 0.5) is 19.3 Å². The van der Waals surface area contributed by atoms with Gasteiger partial charge in [0.2, 0.25) is 11.8 Å². The predicted molar refractivity (Wildman–Crippen MR) is 124 cm³/mol. The number of nitrogens with zero attached hydrogens (tertiary/aromatic N) is 2. The highest BCUT2D eigenvalue weighted by Crippen LogP contribution is 2.40. The van der Waals surface area contributed by atoms with Crippen molar-refractivity contribution in [3.8, 4) is 5.88 Å². The molecule has 0 spiro atoms. The molecule has 2 heterocycles. The average molecular weight is 491 g/mol. The lowest BCUT2D eigenvalue weighted by atomic mass is 9.69. The quantitative estimate of drug-likeness (QED) is 0.495. The van der Waals surface area contributed by atoms with E-state index in [0.717, 1.165) is 11.1 Å². The number of carbonyl (C=O) groups is 3. The monoisotopic (exact) mass is 490 g/mol. The van der Waals surface area contributed by atoms with E-state index in [-0.39, 0.29) is 37.7 Å². The molecular formula is C24H28F2N4O5. The van der Waals surface area contributed by atoms with Gasteiger partial charge in [-0.2, -0.15) is 8.78 Å². The number of pyridine rings is 1. The van der Waals surface area contributed by atoms with E-state index in [1.165, 1.54) is 11.0 Å². The third kappa shape index (κ3) is 5.84. The van der Waals surface area contributed by atoms with Crippen LogP contribution in [0, 0.1) is 6.92 Å². The van der Waals surface area contributed by atoms with Crippen molar-refractivity contribution < 1.29 is 33.0 Å². The number of aromatic nitrogens is 1. The molecule has 0 atom stereocenters. The molecule has 9 nitrogen and oxygen atoms in total. The van der Waals surface area contributed by atoms with E-state index in [1.807, 2.05) is 32.0 Å². The standard InChI is InChI=1S/C24H28F2N4O5/c1-14(2)16-6-4-5-7-17(16)24(12-30(13-24)23(34)27-11-10-19(31)32)21(33)29-18-9-8-15(3)28-20(18)35-22(25)26/h4-9,14,22H,10-13H2,1-3H3,(H,27,34)(H,29,33)(H,31,32). The Kier molecular flexibility index (Phi) is 7.88. The molecule has 188 valence electrons. The summed E-state index contributed by atoms with van der Waals surface area (Å²) in [7, 11) is 0. The van der Waals surface area contributed by atoms with Crippen LogP contribution >= 0.6 is 0 Å². The van der Waals surface area contributed by atoms with Crippen LogP contribution in [0.2, 0.25) is 0 Å². The SMILES string of the molecule is Cc1ccc(NC(=O)C2(c3ccccc3C(C)C)CN(C(=O)NCCC(=O)O)C2)c(OC(F)F)n1. The summed E-state index contributed by atoms with van der Waals surface area (Å²) < 4.78 is 30.3. The van der Waals surface area contributed by atoms with Crippen molar-refractivity contribution >= 4 is 23.6 Å². The topological polar surface area (TPSA) is 121 Å². The molecule has 0 aliphatic carbocycles. The van der Waals surface area contributed by atoms with Gasteiger partial charge in [-0.3, -0.25) is 9.59 Å². The number of carboxylic acid groups (broad SMARTS) is 1. The number of alkyl halides is 2. The second-order valence-corrected chi connectivity index (χ2v) is 8.69. The van der Waals surface area contributed by atoms with Crippen LogP contribution < -0.4 is 15.4 Å². The van der Waals surface area contributed by atoms with Crippen molar-refractivity contribution in [1.29, 1.82) is 0 Å². The smallest absolute Gasteiger partial charge is 0.388 e. The number of rotatable bonds is 9. The number of hydrogen-bond acceptors (Lipinski definition) is 5. The Morgan fingerprint density at radius 1 is 1.17 bits per heavy atom. The van der Waals surface area contributed by atoms with E-state index < -0.39 is 35.8 Å². The van der Waals surface area contributed by atoms with Gasteiger partial charge in [-0.05, 0) is 36.1 Å². The second-order valence-electron chi connectivity index (χ2n) is 8.69. The summed E-state index contributed by atoms with van der Waals surface area (Å²) >= 11 is 0. The van der Waals surface area contributed by atoms with E-state index in [2.05, 4.69) is 20.4 Å². The van der Waals surface area contributed by atoms with Crippen LogP contribution in [0.5, 0.6) is 5.88 Å². The van der Waals surface area contributed by atoms with E-state index in [9.17, 15) is 23.2 Å². The van der Waals surface area contributed by atoms with Crippen molar-refractivity contribution in [1.82, 2.24) is 15.2 Å². The summed E-state index contributed by atoms with van der Waals surface area (Å²) in [6.07, 6.45) is -0.227. The molecule has 1 aliphatic heterocycles. The minimum Gasteiger partial charge on any atom is -0.481 e. The van der Waals surface area contributed by atoms with Crippen LogP contribution in [-0.2, 0) is 15.0 Å². The van der Waals surface area contributed by atoms with Gasteiger partial charge in [0.1, 0.15) is 11.1 Å². The van der Waals surface area contributed by atoms with Crippen LogP contribution in [0.15, 0.2) is 36.4 Å². The zero-order valence-corrected chi connectivity index (χ0v) is 19.7. The number of nitrogens with one attached hydrogen (secondary N) is 2. The minimum atomic E-state index is -3.12. The van der Waals surface area contributed by atoms with Gasteiger partial charge >= 0.3 is 18.6 Å². The van der Waals surface area contributed by atoms with E-state index in [0.29, 0.717) is 5.69 Å². The van der Waals surface area contributed by atoms with Gasteiger partial charge in [0.15, 0.2) is 0 Å². The van der Waals surface area contributed by atoms with Gasteiger partial charge in [0.25, 0.3) is 0 Å². The Hall–Kier alpha value is -3.76. The van der Waals surface area contributed by atoms with Crippen molar-refractivity contribution in [2.75, 3.05) is 25.0 Å². The highest BCUT2D eigenvalue weighted by atomic mass is 19.3. The van der Waals surface area contributed by atoms with Crippen LogP contribution in [0.1, 0.15) is 43.0 Å². The lowest BCUT2D eigenvalue weighted by Crippen LogP contribution is -2.68. The first-order valence-corrected chi connectivity index (χ1v) is 11.1. The summed E-state index contributed by atoms with van der Waals surface area (Å²) in [5.74, 6) is -1.86. The molecule has 1 aliphatic rings. The third-order valence-electron chi connectivity index (χ3n) is 5.81. The maximum atomic E-state index is 13.7. The number of aryl methyl sites for hydroxylation is 1. The molecule has 3 amide bonds. The number of anilines is 1. The molecule has 1 fully saturated rings. The van der Waals surface area contributed by atoms with E-state index >= 15 is 0 Å². The molecule has 0 bridgehead atoms. The number of ether oxygens (including phenoxy) is 1. The normalized spacial score (nSPS) is 14.4. The summed E-state index contributed by atoms with van der Waals surface area (Å²) in [6, 6.07) is 9.89. The lowest BCUT2D eigenvalue weighted by molar-refractivity contribution is -0.136. The lowest BCUT2D eigenvalue weighted by Gasteiger charge is -2.49. The molecule has 3 N–H and O–H groups in total. The number of urea groups is 1. The van der Waals surface area contributed by atoms with Crippen LogP contribution in [-0.4, -0.2) is 59.1 Å². The summed E-state index contributed by atoms with van der Waals surface area (Å²) in [4.78, 5) is 42.3. The van der Waals surface area contributed by atoms with Crippen molar-refractivity contribution in [2.24, 2.45) is 0 Å². The molecule has 3 rings (SSSR count). The average Bonchev–Trinajstić information content (AvgIpc) is 2.74. The Bertz CT molecular complexity index is 1100. The molecular weight excluding hydrogens is 462 g/mol. The predicted octanol–water partition coefficient (Wildman–Crippen LogP) is 3.49. The molecule has 0 unspecified atom stereocenters. The summed E-state index contributed by atoms with van der Waals surface area (Å²) in [5, 5.41) is 14.0. The van der Waals surface area contributed by atoms with Gasteiger partial charge in [-0.25, -0.2) is 9.78 Å². The van der Waals surface area contributed by atoms with E-state index in [1.54, 1.807) is 19.1 Å². The van der Waals surface area contributed by atoms with Crippen LogP contribution in [0.3, 0.4) is 0 Å². The van der Waals surface area contributed by atoms with Crippen molar-refractivity contribution in [2.45, 2.75) is 45.1 Å². The Morgan fingerprint density at radius 3 is 2.49 bits per heavy atom. The van der Waals surface area contributed by atoms with Gasteiger partial charge in [0.05, 0.1) is 6.42 Å². The highest BCUT2D eigenvalue weighted by molar-refractivity contribution is 6.02. The van der Waals surface area contributed by atoms with Gasteiger partial charge < -0.3 is 25.4 Å². The summed E-state index contributed by atoms with van der Waals surface area (Å²) in [5.41, 5.74) is 0.911. The Labute approximate surface area is 201 Å². The number of benzene rings is 1. The Morgan fingerprint density at radius 2 is 1.86 bits per heavy atom. The van der Waals surface area contributed by atoms with Crippen molar-refractivity contribution in [3.63, 3.8) is 0 Å². The molecule has 1 saturated heterocycles. The maximum Gasteiger partial charge on any atom is 0.388 e. The fourth-order valence-electron chi connectivity index (χ4n) is 4.05. The minimum absolute atomic E-state index is 0.00772. The van der Waals surface area contributed by atoms with Gasteiger partial charge in [-0.1, -0.05) is 38.1 Å². The molecule has 11 heteroatoms.